The Bertz CT molecular complexity index is 1250. The molecule has 0 fully saturated rings. The molecule has 5 rings (SSSR count). The van der Waals surface area contributed by atoms with Crippen molar-refractivity contribution in [2.45, 2.75) is 27.0 Å². The summed E-state index contributed by atoms with van der Waals surface area (Å²) in [5.41, 5.74) is 15.4. The number of nitrogens with zero attached hydrogens (tertiary/aromatic N) is 3. The summed E-state index contributed by atoms with van der Waals surface area (Å²) in [5, 5.41) is 1.45. The molecule has 4 aromatic rings. The van der Waals surface area contributed by atoms with E-state index in [9.17, 15) is 4.39 Å². The minimum atomic E-state index is -0.518. The second-order valence-corrected chi connectivity index (χ2v) is 7.21. The lowest BCUT2D eigenvalue weighted by Crippen LogP contribution is -2.16. The Hall–Kier alpha value is -3.36. The summed E-state index contributed by atoms with van der Waals surface area (Å²) in [4.78, 5) is 8.32. The van der Waals surface area contributed by atoms with Gasteiger partial charge in [0.25, 0.3) is 0 Å². The zero-order chi connectivity index (χ0) is 24.0. The van der Waals surface area contributed by atoms with Crippen molar-refractivity contribution in [1.29, 1.82) is 0 Å². The second-order valence-electron chi connectivity index (χ2n) is 6.87. The van der Waals surface area contributed by atoms with Crippen LogP contribution < -0.4 is 16.2 Å². The number of aromatic nitrogens is 3. The molecule has 2 aromatic carbocycles. The van der Waals surface area contributed by atoms with Crippen LogP contribution in [0, 0.1) is 5.82 Å². The lowest BCUT2D eigenvalue weighted by atomic mass is 10.1. The summed E-state index contributed by atoms with van der Waals surface area (Å²) in [7, 11) is 1.42. The van der Waals surface area contributed by atoms with Gasteiger partial charge in [-0.15, -0.1) is 0 Å². The molecule has 0 spiro atoms. The third-order valence-corrected chi connectivity index (χ3v) is 5.19. The van der Waals surface area contributed by atoms with Crippen molar-refractivity contribution in [3.63, 3.8) is 0 Å². The first-order valence-electron chi connectivity index (χ1n) is 10.5. The number of rotatable bonds is 2. The van der Waals surface area contributed by atoms with E-state index < -0.39 is 5.82 Å². The van der Waals surface area contributed by atoms with Crippen LogP contribution in [0.5, 0.6) is 5.75 Å². The minimum Gasteiger partial charge on any atom is -0.494 e. The topological polar surface area (TPSA) is 101 Å². The van der Waals surface area contributed by atoms with Gasteiger partial charge in [0.1, 0.15) is 11.6 Å². The Kier molecular flexibility index (Phi) is 8.08. The van der Waals surface area contributed by atoms with Crippen LogP contribution in [0.1, 0.15) is 19.5 Å². The van der Waals surface area contributed by atoms with Crippen molar-refractivity contribution in [3.8, 4) is 17.0 Å². The highest BCUT2D eigenvalue weighted by atomic mass is 35.5. The van der Waals surface area contributed by atoms with Gasteiger partial charge in [-0.3, -0.25) is 0 Å². The van der Waals surface area contributed by atoms with E-state index in [2.05, 4.69) is 32.7 Å². The first-order valence-corrected chi connectivity index (χ1v) is 10.9. The van der Waals surface area contributed by atoms with Crippen LogP contribution in [-0.4, -0.2) is 28.3 Å². The first-order chi connectivity index (χ1) is 16.0. The summed E-state index contributed by atoms with van der Waals surface area (Å²) in [5.74, 6) is -0.215. The highest BCUT2D eigenvalue weighted by Crippen LogP contribution is 2.36. The third kappa shape index (κ3) is 5.18. The molecule has 1 aliphatic rings. The van der Waals surface area contributed by atoms with Crippen molar-refractivity contribution in [2.24, 2.45) is 0 Å². The maximum Gasteiger partial charge on any atom is 0.222 e. The van der Waals surface area contributed by atoms with Gasteiger partial charge in [0, 0.05) is 35.3 Å². The summed E-state index contributed by atoms with van der Waals surface area (Å²) in [6.07, 6.45) is 1.69. The molecule has 2 aromatic heterocycles. The number of methoxy groups -OCH3 is 1. The summed E-state index contributed by atoms with van der Waals surface area (Å²) in [6, 6.07) is 12.7. The second kappa shape index (κ2) is 11.0. The van der Waals surface area contributed by atoms with Crippen molar-refractivity contribution in [1.82, 2.24) is 14.5 Å². The average molecular weight is 472 g/mol. The molecule has 7 nitrogen and oxygen atoms in total. The molecule has 4 N–H and O–H groups in total. The molecular weight excluding hydrogens is 445 g/mol. The Labute approximate surface area is 197 Å². The fourth-order valence-corrected chi connectivity index (χ4v) is 3.76. The van der Waals surface area contributed by atoms with Crippen molar-refractivity contribution in [2.75, 3.05) is 25.2 Å². The summed E-state index contributed by atoms with van der Waals surface area (Å²) < 4.78 is 25.4. The van der Waals surface area contributed by atoms with E-state index in [1.165, 1.54) is 24.1 Å². The molecule has 0 bridgehead atoms. The molecule has 9 heteroatoms. The molecule has 0 atom stereocenters. The molecular formula is C24H27ClFN5O2. The van der Waals surface area contributed by atoms with Gasteiger partial charge < -0.3 is 25.5 Å². The van der Waals surface area contributed by atoms with E-state index in [0.29, 0.717) is 18.0 Å². The normalized spacial score (nSPS) is 12.2. The summed E-state index contributed by atoms with van der Waals surface area (Å²) in [6.45, 7) is 6.22. The SMILES string of the molecule is CC.COc1cc(F)c(N)cc1N.Clc1nccc(-c2c3n(c4ccccc24)CCOC3)n1. The molecule has 0 saturated heterocycles. The van der Waals surface area contributed by atoms with E-state index in [0.717, 1.165) is 36.2 Å². The van der Waals surface area contributed by atoms with E-state index in [1.54, 1.807) is 6.20 Å². The number of hydrogen-bond donors (Lipinski definition) is 2. The minimum absolute atomic E-state index is 0.0308. The lowest BCUT2D eigenvalue weighted by Gasteiger charge is -2.17. The average Bonchev–Trinajstić information content (AvgIpc) is 3.18. The van der Waals surface area contributed by atoms with Crippen molar-refractivity contribution in [3.05, 3.63) is 65.5 Å². The lowest BCUT2D eigenvalue weighted by molar-refractivity contribution is 0.0869. The van der Waals surface area contributed by atoms with Crippen LogP contribution in [-0.2, 0) is 17.9 Å². The zero-order valence-corrected chi connectivity index (χ0v) is 19.6. The highest BCUT2D eigenvalue weighted by molar-refractivity contribution is 6.28. The molecule has 0 aliphatic carbocycles. The van der Waals surface area contributed by atoms with E-state index in [1.807, 2.05) is 26.0 Å². The van der Waals surface area contributed by atoms with Crippen LogP contribution in [0.4, 0.5) is 15.8 Å². The number of benzene rings is 2. The molecule has 1 aliphatic heterocycles. The molecule has 0 saturated carbocycles. The quantitative estimate of drug-likeness (QED) is 0.303. The maximum atomic E-state index is 12.7. The third-order valence-electron chi connectivity index (χ3n) is 5.01. The molecule has 0 unspecified atom stereocenters. The smallest absolute Gasteiger partial charge is 0.222 e. The zero-order valence-electron chi connectivity index (χ0n) is 18.8. The van der Waals surface area contributed by atoms with Gasteiger partial charge in [-0.2, -0.15) is 0 Å². The van der Waals surface area contributed by atoms with Crippen LogP contribution in [0.2, 0.25) is 5.28 Å². The number of ether oxygens (including phenoxy) is 2. The number of nitrogen functional groups attached to an aromatic ring is 2. The van der Waals surface area contributed by atoms with Crippen LogP contribution in [0.15, 0.2) is 48.7 Å². The van der Waals surface area contributed by atoms with Gasteiger partial charge in [0.05, 0.1) is 43.1 Å². The largest absolute Gasteiger partial charge is 0.494 e. The molecule has 174 valence electrons. The number of halogens is 2. The number of anilines is 2. The standard InChI is InChI=1S/C15H12ClN3O.C7H9FN2O.C2H6/c16-15-17-6-5-11(18-15)14-10-3-1-2-4-12(10)19-7-8-20-9-13(14)19;1-11-7-2-4(8)5(9)3-6(7)10;1-2/h1-6H,7-9H2;2-3H,9-10H2,1H3;1-2H3. The van der Waals surface area contributed by atoms with Crippen LogP contribution in [0.3, 0.4) is 0 Å². The van der Waals surface area contributed by atoms with Gasteiger partial charge >= 0.3 is 0 Å². The van der Waals surface area contributed by atoms with Gasteiger partial charge in [0.15, 0.2) is 0 Å². The number of para-hydroxylation sites is 1. The van der Waals surface area contributed by atoms with Crippen molar-refractivity contribution < 1.29 is 13.9 Å². The molecule has 0 radical (unpaired) electrons. The Morgan fingerprint density at radius 1 is 1.12 bits per heavy atom. The van der Waals surface area contributed by atoms with Gasteiger partial charge in [-0.05, 0) is 29.8 Å². The fourth-order valence-electron chi connectivity index (χ4n) is 3.61. The number of fused-ring (bicyclic) bond motifs is 3. The van der Waals surface area contributed by atoms with Gasteiger partial charge in [0.2, 0.25) is 5.28 Å². The van der Waals surface area contributed by atoms with E-state index in [4.69, 9.17) is 32.5 Å². The fraction of sp³-hybridized carbons (Fsp3) is 0.250. The predicted molar refractivity (Wildman–Crippen MR) is 131 cm³/mol. The molecule has 3 heterocycles. The molecule has 33 heavy (non-hydrogen) atoms. The summed E-state index contributed by atoms with van der Waals surface area (Å²) >= 11 is 5.94. The van der Waals surface area contributed by atoms with Gasteiger partial charge in [-0.25, -0.2) is 14.4 Å². The molecule has 0 amide bonds. The van der Waals surface area contributed by atoms with Crippen LogP contribution >= 0.6 is 11.6 Å². The van der Waals surface area contributed by atoms with Gasteiger partial charge in [-0.1, -0.05) is 32.0 Å². The first kappa shape index (κ1) is 24.3. The Morgan fingerprint density at radius 2 is 1.88 bits per heavy atom. The monoisotopic (exact) mass is 471 g/mol. The Morgan fingerprint density at radius 3 is 2.61 bits per heavy atom. The predicted octanol–water partition coefficient (Wildman–Crippen LogP) is 5.31. The maximum absolute atomic E-state index is 12.7. The Balaban J connectivity index is 0.000000201. The van der Waals surface area contributed by atoms with Crippen LogP contribution in [0.25, 0.3) is 22.2 Å². The number of nitrogens with two attached hydrogens (primary N) is 2. The highest BCUT2D eigenvalue weighted by Gasteiger charge is 2.21. The van der Waals surface area contributed by atoms with E-state index in [-0.39, 0.29) is 11.0 Å². The van der Waals surface area contributed by atoms with E-state index >= 15 is 0 Å². The van der Waals surface area contributed by atoms with Crippen molar-refractivity contribution >= 4 is 33.9 Å². The number of hydrogen-bond acceptors (Lipinski definition) is 6.